The highest BCUT2D eigenvalue weighted by Gasteiger charge is 2.21. The SMILES string of the molecule is C[C@@H]1CN(C)CCN1c1ccc(Br)cc1. The Morgan fingerprint density at radius 3 is 2.47 bits per heavy atom. The van der Waals surface area contributed by atoms with Crippen molar-refractivity contribution in [2.24, 2.45) is 0 Å². The van der Waals surface area contributed by atoms with Crippen molar-refractivity contribution in [3.8, 4) is 0 Å². The third-order valence-electron chi connectivity index (χ3n) is 2.99. The predicted octanol–water partition coefficient (Wildman–Crippen LogP) is 2.59. The van der Waals surface area contributed by atoms with Crippen LogP contribution in [0.4, 0.5) is 5.69 Å². The second-order valence-corrected chi connectivity index (χ2v) is 5.20. The zero-order valence-electron chi connectivity index (χ0n) is 9.28. The maximum absolute atomic E-state index is 3.47. The van der Waals surface area contributed by atoms with E-state index in [0.717, 1.165) is 24.1 Å². The molecule has 0 unspecified atom stereocenters. The van der Waals surface area contributed by atoms with E-state index in [1.165, 1.54) is 5.69 Å². The summed E-state index contributed by atoms with van der Waals surface area (Å²) in [5, 5.41) is 0. The first-order valence-corrected chi connectivity index (χ1v) is 6.17. The molecule has 15 heavy (non-hydrogen) atoms. The van der Waals surface area contributed by atoms with Gasteiger partial charge in [0.1, 0.15) is 0 Å². The van der Waals surface area contributed by atoms with Gasteiger partial charge in [0.25, 0.3) is 0 Å². The van der Waals surface area contributed by atoms with Crippen LogP contribution in [0.3, 0.4) is 0 Å². The largest absolute Gasteiger partial charge is 0.366 e. The van der Waals surface area contributed by atoms with Gasteiger partial charge in [-0.25, -0.2) is 0 Å². The lowest BCUT2D eigenvalue weighted by Crippen LogP contribution is -2.50. The Morgan fingerprint density at radius 1 is 1.20 bits per heavy atom. The number of hydrogen-bond donors (Lipinski definition) is 0. The Balaban J connectivity index is 2.13. The Labute approximate surface area is 100 Å². The van der Waals surface area contributed by atoms with Crippen molar-refractivity contribution in [2.45, 2.75) is 13.0 Å². The molecule has 3 heteroatoms. The van der Waals surface area contributed by atoms with Gasteiger partial charge in [-0.15, -0.1) is 0 Å². The van der Waals surface area contributed by atoms with Crippen molar-refractivity contribution in [3.05, 3.63) is 28.7 Å². The molecule has 1 aliphatic rings. The predicted molar refractivity (Wildman–Crippen MR) is 68.4 cm³/mol. The van der Waals surface area contributed by atoms with E-state index < -0.39 is 0 Å². The number of rotatable bonds is 1. The van der Waals surface area contributed by atoms with Crippen LogP contribution < -0.4 is 4.90 Å². The van der Waals surface area contributed by atoms with Crippen molar-refractivity contribution in [3.63, 3.8) is 0 Å². The zero-order chi connectivity index (χ0) is 10.8. The molecular weight excluding hydrogens is 252 g/mol. The Morgan fingerprint density at radius 2 is 1.87 bits per heavy atom. The summed E-state index contributed by atoms with van der Waals surface area (Å²) in [5.74, 6) is 0. The Bertz CT molecular complexity index is 323. The highest BCUT2D eigenvalue weighted by molar-refractivity contribution is 9.10. The monoisotopic (exact) mass is 268 g/mol. The molecule has 82 valence electrons. The van der Waals surface area contributed by atoms with Gasteiger partial charge in [0.15, 0.2) is 0 Å². The Hall–Kier alpha value is -0.540. The normalized spacial score (nSPS) is 23.1. The van der Waals surface area contributed by atoms with Crippen molar-refractivity contribution in [1.29, 1.82) is 0 Å². The van der Waals surface area contributed by atoms with Gasteiger partial charge in [-0.05, 0) is 38.2 Å². The van der Waals surface area contributed by atoms with Crippen LogP contribution in [0.15, 0.2) is 28.7 Å². The quantitative estimate of drug-likeness (QED) is 0.773. The summed E-state index contributed by atoms with van der Waals surface area (Å²) in [6.45, 7) is 5.72. The van der Waals surface area contributed by atoms with Crippen LogP contribution in [0.25, 0.3) is 0 Å². The van der Waals surface area contributed by atoms with E-state index >= 15 is 0 Å². The fourth-order valence-corrected chi connectivity index (χ4v) is 2.42. The summed E-state index contributed by atoms with van der Waals surface area (Å²) < 4.78 is 1.15. The first-order valence-electron chi connectivity index (χ1n) is 5.37. The summed E-state index contributed by atoms with van der Waals surface area (Å²) in [5.41, 5.74) is 1.33. The van der Waals surface area contributed by atoms with Crippen LogP contribution in [0.2, 0.25) is 0 Å². The fourth-order valence-electron chi connectivity index (χ4n) is 2.16. The van der Waals surface area contributed by atoms with Gasteiger partial charge in [-0.2, -0.15) is 0 Å². The lowest BCUT2D eigenvalue weighted by Gasteiger charge is -2.39. The molecule has 0 saturated carbocycles. The Kier molecular flexibility index (Phi) is 3.32. The van der Waals surface area contributed by atoms with Crippen LogP contribution in [0.1, 0.15) is 6.92 Å². The number of piperazine rings is 1. The van der Waals surface area contributed by atoms with E-state index in [2.05, 4.69) is 64.0 Å². The van der Waals surface area contributed by atoms with E-state index in [0.29, 0.717) is 6.04 Å². The summed E-state index contributed by atoms with van der Waals surface area (Å²) in [7, 11) is 2.19. The molecule has 1 aromatic carbocycles. The van der Waals surface area contributed by atoms with Crippen LogP contribution in [-0.2, 0) is 0 Å². The van der Waals surface area contributed by atoms with Gasteiger partial charge in [-0.1, -0.05) is 15.9 Å². The van der Waals surface area contributed by atoms with E-state index in [1.807, 2.05) is 0 Å². The maximum Gasteiger partial charge on any atom is 0.0389 e. The van der Waals surface area contributed by atoms with Crippen LogP contribution in [0, 0.1) is 0 Å². The average Bonchev–Trinajstić information content (AvgIpc) is 2.20. The van der Waals surface area contributed by atoms with Crippen LogP contribution in [0.5, 0.6) is 0 Å². The highest BCUT2D eigenvalue weighted by atomic mass is 79.9. The molecule has 0 aromatic heterocycles. The van der Waals surface area contributed by atoms with Crippen LogP contribution >= 0.6 is 15.9 Å². The minimum Gasteiger partial charge on any atom is -0.366 e. The maximum atomic E-state index is 3.47. The van der Waals surface area contributed by atoms with E-state index in [1.54, 1.807) is 0 Å². The lowest BCUT2D eigenvalue weighted by atomic mass is 10.1. The molecule has 0 amide bonds. The van der Waals surface area contributed by atoms with Gasteiger partial charge in [0.05, 0.1) is 0 Å². The second-order valence-electron chi connectivity index (χ2n) is 4.28. The van der Waals surface area contributed by atoms with Gasteiger partial charge in [0.2, 0.25) is 0 Å². The lowest BCUT2D eigenvalue weighted by molar-refractivity contribution is 0.275. The van der Waals surface area contributed by atoms with E-state index in [9.17, 15) is 0 Å². The number of anilines is 1. The number of benzene rings is 1. The zero-order valence-corrected chi connectivity index (χ0v) is 10.9. The standard InChI is InChI=1S/C12H17BrN2/c1-10-9-14(2)7-8-15(10)12-5-3-11(13)4-6-12/h3-6,10H,7-9H2,1-2H3/t10-/m1/s1. The summed E-state index contributed by atoms with van der Waals surface area (Å²) in [6.07, 6.45) is 0. The van der Waals surface area contributed by atoms with Crippen molar-refractivity contribution in [1.82, 2.24) is 4.90 Å². The third-order valence-corrected chi connectivity index (χ3v) is 3.52. The second kappa shape index (κ2) is 4.54. The topological polar surface area (TPSA) is 6.48 Å². The van der Waals surface area contributed by atoms with Gasteiger partial charge < -0.3 is 9.80 Å². The summed E-state index contributed by atoms with van der Waals surface area (Å²) >= 11 is 3.47. The molecule has 0 N–H and O–H groups in total. The fraction of sp³-hybridized carbons (Fsp3) is 0.500. The minimum absolute atomic E-state index is 0.602. The molecule has 1 atom stereocenters. The molecule has 1 heterocycles. The molecular formula is C12H17BrN2. The van der Waals surface area contributed by atoms with Gasteiger partial charge in [-0.3, -0.25) is 0 Å². The molecule has 0 radical (unpaired) electrons. The molecule has 2 rings (SSSR count). The summed E-state index contributed by atoms with van der Waals surface area (Å²) in [4.78, 5) is 4.87. The first-order chi connectivity index (χ1) is 7.16. The number of halogens is 1. The highest BCUT2D eigenvalue weighted by Crippen LogP contribution is 2.22. The summed E-state index contributed by atoms with van der Waals surface area (Å²) in [6, 6.07) is 9.20. The number of hydrogen-bond acceptors (Lipinski definition) is 2. The molecule has 1 fully saturated rings. The van der Waals surface area contributed by atoms with E-state index in [4.69, 9.17) is 0 Å². The van der Waals surface area contributed by atoms with Crippen molar-refractivity contribution < 1.29 is 0 Å². The molecule has 0 bridgehead atoms. The van der Waals surface area contributed by atoms with Gasteiger partial charge >= 0.3 is 0 Å². The molecule has 2 nitrogen and oxygen atoms in total. The molecule has 1 aliphatic heterocycles. The molecule has 0 aliphatic carbocycles. The molecule has 1 aromatic rings. The van der Waals surface area contributed by atoms with E-state index in [-0.39, 0.29) is 0 Å². The third kappa shape index (κ3) is 2.52. The van der Waals surface area contributed by atoms with Crippen LogP contribution in [-0.4, -0.2) is 37.6 Å². The van der Waals surface area contributed by atoms with Crippen molar-refractivity contribution in [2.75, 3.05) is 31.6 Å². The molecule has 0 spiro atoms. The smallest absolute Gasteiger partial charge is 0.0389 e. The number of likely N-dealkylation sites (N-methyl/N-ethyl adjacent to an activating group) is 1. The first kappa shape index (κ1) is 11.0. The molecule has 1 saturated heterocycles. The average molecular weight is 269 g/mol. The van der Waals surface area contributed by atoms with Gasteiger partial charge in [0, 0.05) is 35.8 Å². The number of nitrogens with zero attached hydrogens (tertiary/aromatic N) is 2. The minimum atomic E-state index is 0.602. The van der Waals surface area contributed by atoms with Crippen molar-refractivity contribution >= 4 is 21.6 Å².